The number of methoxy groups -OCH3 is 1. The number of hydrogen-bond acceptors (Lipinski definition) is 3. The maximum absolute atomic E-state index is 11.0. The third-order valence-corrected chi connectivity index (χ3v) is 2.93. The number of aromatic carboxylic acids is 1. The molecule has 0 atom stereocenters. The number of benzene rings is 1. The van der Waals surface area contributed by atoms with Crippen molar-refractivity contribution in [3.63, 3.8) is 0 Å². The lowest BCUT2D eigenvalue weighted by Crippen LogP contribution is -1.96. The minimum Gasteiger partial charge on any atom is -0.496 e. The van der Waals surface area contributed by atoms with Crippen LogP contribution in [0.2, 0.25) is 0 Å². The topological polar surface area (TPSA) is 75.2 Å². The standard InChI is InChI=1S/C11H9BrN2O3/c1-17-9-3-2-6(4-8(9)12)10-7(11(15)16)5-13-14-10/h2-5H,1H3,(H,13,14)(H,15,16). The predicted octanol–water partition coefficient (Wildman–Crippen LogP) is 2.55. The molecule has 0 aliphatic heterocycles. The molecule has 1 heterocycles. The summed E-state index contributed by atoms with van der Waals surface area (Å²) >= 11 is 3.35. The Morgan fingerprint density at radius 2 is 2.29 bits per heavy atom. The molecule has 0 aliphatic carbocycles. The van der Waals surface area contributed by atoms with E-state index >= 15 is 0 Å². The lowest BCUT2D eigenvalue weighted by atomic mass is 10.1. The Morgan fingerprint density at radius 1 is 1.53 bits per heavy atom. The Balaban J connectivity index is 2.50. The maximum Gasteiger partial charge on any atom is 0.339 e. The van der Waals surface area contributed by atoms with Gasteiger partial charge < -0.3 is 9.84 Å². The number of rotatable bonds is 3. The van der Waals surface area contributed by atoms with E-state index in [2.05, 4.69) is 26.1 Å². The van der Waals surface area contributed by atoms with E-state index in [-0.39, 0.29) is 5.56 Å². The number of nitrogens with zero attached hydrogens (tertiary/aromatic N) is 1. The second-order valence-electron chi connectivity index (χ2n) is 3.31. The fraction of sp³-hybridized carbons (Fsp3) is 0.0909. The number of ether oxygens (including phenoxy) is 1. The number of carboxylic acid groups (broad SMARTS) is 1. The molecule has 2 N–H and O–H groups in total. The van der Waals surface area contributed by atoms with E-state index in [9.17, 15) is 4.79 Å². The summed E-state index contributed by atoms with van der Waals surface area (Å²) in [4.78, 5) is 11.0. The molecule has 0 saturated heterocycles. The third kappa shape index (κ3) is 2.16. The summed E-state index contributed by atoms with van der Waals surface area (Å²) in [7, 11) is 1.57. The van der Waals surface area contributed by atoms with Crippen molar-refractivity contribution in [3.05, 3.63) is 34.4 Å². The second-order valence-corrected chi connectivity index (χ2v) is 4.17. The van der Waals surface area contributed by atoms with Gasteiger partial charge >= 0.3 is 5.97 Å². The van der Waals surface area contributed by atoms with Gasteiger partial charge in [-0.25, -0.2) is 4.79 Å². The van der Waals surface area contributed by atoms with Gasteiger partial charge in [0.1, 0.15) is 11.3 Å². The van der Waals surface area contributed by atoms with Crippen LogP contribution in [0.3, 0.4) is 0 Å². The first-order chi connectivity index (χ1) is 8.13. The summed E-state index contributed by atoms with van der Waals surface area (Å²) in [6.45, 7) is 0. The van der Waals surface area contributed by atoms with E-state index in [0.29, 0.717) is 11.4 Å². The van der Waals surface area contributed by atoms with Crippen molar-refractivity contribution >= 4 is 21.9 Å². The number of halogens is 1. The molecule has 0 spiro atoms. The fourth-order valence-corrected chi connectivity index (χ4v) is 2.03. The highest BCUT2D eigenvalue weighted by molar-refractivity contribution is 9.10. The van der Waals surface area contributed by atoms with Crippen LogP contribution in [0, 0.1) is 0 Å². The average Bonchev–Trinajstić information content (AvgIpc) is 2.77. The highest BCUT2D eigenvalue weighted by Crippen LogP contribution is 2.30. The summed E-state index contributed by atoms with van der Waals surface area (Å²) in [5.74, 6) is -0.328. The van der Waals surface area contributed by atoms with Gasteiger partial charge in [-0.2, -0.15) is 5.10 Å². The van der Waals surface area contributed by atoms with Gasteiger partial charge in [-0.15, -0.1) is 0 Å². The number of nitrogens with one attached hydrogen (secondary N) is 1. The second kappa shape index (κ2) is 4.58. The van der Waals surface area contributed by atoms with Crippen LogP contribution < -0.4 is 4.74 Å². The lowest BCUT2D eigenvalue weighted by molar-refractivity contribution is 0.0698. The van der Waals surface area contributed by atoms with Gasteiger partial charge in [-0.3, -0.25) is 5.10 Å². The monoisotopic (exact) mass is 296 g/mol. The molecule has 0 unspecified atom stereocenters. The molecule has 0 amide bonds. The summed E-state index contributed by atoms with van der Waals surface area (Å²) in [6, 6.07) is 5.30. The van der Waals surface area contributed by atoms with E-state index in [4.69, 9.17) is 9.84 Å². The number of carboxylic acids is 1. The molecule has 5 nitrogen and oxygen atoms in total. The lowest BCUT2D eigenvalue weighted by Gasteiger charge is -2.05. The highest BCUT2D eigenvalue weighted by Gasteiger charge is 2.14. The molecule has 17 heavy (non-hydrogen) atoms. The van der Waals surface area contributed by atoms with Gasteiger partial charge in [0.25, 0.3) is 0 Å². The van der Waals surface area contributed by atoms with Crippen LogP contribution in [0.15, 0.2) is 28.9 Å². The van der Waals surface area contributed by atoms with Crippen molar-refractivity contribution in [1.29, 1.82) is 0 Å². The van der Waals surface area contributed by atoms with Crippen molar-refractivity contribution < 1.29 is 14.6 Å². The molecule has 6 heteroatoms. The minimum absolute atomic E-state index is 0.141. The summed E-state index contributed by atoms with van der Waals surface area (Å²) < 4.78 is 5.86. The van der Waals surface area contributed by atoms with Crippen molar-refractivity contribution in [2.24, 2.45) is 0 Å². The zero-order valence-electron chi connectivity index (χ0n) is 8.90. The summed E-state index contributed by atoms with van der Waals surface area (Å²) in [5, 5.41) is 15.4. The Bertz CT molecular complexity index is 566. The Hall–Kier alpha value is -1.82. The van der Waals surface area contributed by atoms with E-state index < -0.39 is 5.97 Å². The van der Waals surface area contributed by atoms with Crippen LogP contribution >= 0.6 is 15.9 Å². The maximum atomic E-state index is 11.0. The first-order valence-corrected chi connectivity index (χ1v) is 5.53. The van der Waals surface area contributed by atoms with Gasteiger partial charge in [0.05, 0.1) is 23.5 Å². The van der Waals surface area contributed by atoms with Crippen LogP contribution in [0.4, 0.5) is 0 Å². The molecular formula is C11H9BrN2O3. The van der Waals surface area contributed by atoms with Crippen LogP contribution in [-0.2, 0) is 0 Å². The first kappa shape index (κ1) is 11.7. The summed E-state index contributed by atoms with van der Waals surface area (Å²) in [6.07, 6.45) is 1.29. The minimum atomic E-state index is -1.01. The Labute approximate surface area is 106 Å². The largest absolute Gasteiger partial charge is 0.496 e. The van der Waals surface area contributed by atoms with E-state index in [0.717, 1.165) is 10.0 Å². The first-order valence-electron chi connectivity index (χ1n) is 4.74. The van der Waals surface area contributed by atoms with Gasteiger partial charge in [0, 0.05) is 5.56 Å². The normalized spacial score (nSPS) is 10.2. The molecule has 1 aromatic carbocycles. The van der Waals surface area contributed by atoms with E-state index in [1.165, 1.54) is 6.20 Å². The van der Waals surface area contributed by atoms with Crippen LogP contribution in [0.25, 0.3) is 11.3 Å². The number of H-pyrrole nitrogens is 1. The smallest absolute Gasteiger partial charge is 0.339 e. The van der Waals surface area contributed by atoms with Crippen molar-refractivity contribution in [2.75, 3.05) is 7.11 Å². The zero-order chi connectivity index (χ0) is 12.4. The quantitative estimate of drug-likeness (QED) is 0.913. The number of aromatic nitrogens is 2. The van der Waals surface area contributed by atoms with Crippen LogP contribution in [0.1, 0.15) is 10.4 Å². The van der Waals surface area contributed by atoms with Crippen molar-refractivity contribution in [2.45, 2.75) is 0 Å². The number of aromatic amines is 1. The highest BCUT2D eigenvalue weighted by atomic mass is 79.9. The Morgan fingerprint density at radius 3 is 2.88 bits per heavy atom. The molecule has 0 saturated carbocycles. The molecular weight excluding hydrogens is 288 g/mol. The summed E-state index contributed by atoms with van der Waals surface area (Å²) in [5.41, 5.74) is 1.34. The zero-order valence-corrected chi connectivity index (χ0v) is 10.5. The molecule has 0 fully saturated rings. The SMILES string of the molecule is COc1ccc(-c2[nH]ncc2C(=O)O)cc1Br. The van der Waals surface area contributed by atoms with E-state index in [1.54, 1.807) is 25.3 Å². The van der Waals surface area contributed by atoms with Crippen molar-refractivity contribution in [3.8, 4) is 17.0 Å². The van der Waals surface area contributed by atoms with Gasteiger partial charge in [0.15, 0.2) is 0 Å². The Kier molecular flexibility index (Phi) is 3.14. The molecule has 88 valence electrons. The van der Waals surface area contributed by atoms with Crippen molar-refractivity contribution in [1.82, 2.24) is 10.2 Å². The average molecular weight is 297 g/mol. The molecule has 1 aromatic heterocycles. The predicted molar refractivity (Wildman–Crippen MR) is 65.2 cm³/mol. The van der Waals surface area contributed by atoms with Crippen LogP contribution in [-0.4, -0.2) is 28.4 Å². The molecule has 2 rings (SSSR count). The third-order valence-electron chi connectivity index (χ3n) is 2.31. The molecule has 2 aromatic rings. The number of carbonyl (C=O) groups is 1. The fourth-order valence-electron chi connectivity index (χ4n) is 1.49. The van der Waals surface area contributed by atoms with Gasteiger partial charge in [-0.1, -0.05) is 0 Å². The van der Waals surface area contributed by atoms with Gasteiger partial charge in [-0.05, 0) is 34.1 Å². The molecule has 0 radical (unpaired) electrons. The van der Waals surface area contributed by atoms with Crippen LogP contribution in [0.5, 0.6) is 5.75 Å². The van der Waals surface area contributed by atoms with E-state index in [1.807, 2.05) is 0 Å². The molecule has 0 aliphatic rings. The number of hydrogen-bond donors (Lipinski definition) is 2. The van der Waals surface area contributed by atoms with Gasteiger partial charge in [0.2, 0.25) is 0 Å². The molecule has 0 bridgehead atoms.